The monoisotopic (exact) mass is 526 g/mol. The first-order valence-corrected chi connectivity index (χ1v) is 14.3. The van der Waals surface area contributed by atoms with Gasteiger partial charge >= 0.3 is 0 Å². The number of benzene rings is 2. The lowest BCUT2D eigenvalue weighted by Gasteiger charge is -2.35. The van der Waals surface area contributed by atoms with E-state index < -0.39 is 5.79 Å². The summed E-state index contributed by atoms with van der Waals surface area (Å²) in [6.07, 6.45) is 8.99. The average Bonchev–Trinajstić information content (AvgIpc) is 3.33. The van der Waals surface area contributed by atoms with E-state index in [-0.39, 0.29) is 12.0 Å². The van der Waals surface area contributed by atoms with Crippen molar-refractivity contribution in [3.05, 3.63) is 69.7 Å². The number of carbonyl (C=O) groups is 1. The number of methoxy groups -OCH3 is 1. The largest absolute Gasteiger partial charge is 0.362 e. The van der Waals surface area contributed by atoms with Gasteiger partial charge in [0.25, 0.3) is 0 Å². The number of aryl methyl sites for hydroxylation is 1. The van der Waals surface area contributed by atoms with Crippen LogP contribution in [0.2, 0.25) is 5.02 Å². The third-order valence-electron chi connectivity index (χ3n) is 8.37. The first-order chi connectivity index (χ1) is 17.8. The minimum atomic E-state index is -1.39. The standard InChI is InChI=1S/C31H43ClN2O3/c1-22-8-5-10-24(18-22)19-27-28(12-6-13-29(27)32)31(36,37-2)16-4-3-9-23-11-7-17-34(21-23)30(35)25-14-15-26(33)20-25/h5-6,8,10,12-13,18,23,25-26,36H,3-4,7,9,11,14-17,19-21,33H2,1-2H3. The number of hydrogen-bond acceptors (Lipinski definition) is 4. The van der Waals surface area contributed by atoms with E-state index in [1.54, 1.807) is 7.11 Å². The Labute approximate surface area is 227 Å². The van der Waals surface area contributed by atoms with Crippen LogP contribution in [0.3, 0.4) is 0 Å². The number of rotatable bonds is 10. The zero-order valence-electron chi connectivity index (χ0n) is 22.4. The number of aliphatic hydroxyl groups is 1. The molecule has 2 aromatic rings. The molecule has 202 valence electrons. The van der Waals surface area contributed by atoms with Crippen molar-refractivity contribution >= 4 is 17.5 Å². The van der Waals surface area contributed by atoms with Gasteiger partial charge in [0.15, 0.2) is 5.79 Å². The summed E-state index contributed by atoms with van der Waals surface area (Å²) in [6, 6.07) is 14.2. The van der Waals surface area contributed by atoms with Crippen molar-refractivity contribution < 1.29 is 14.6 Å². The Bertz CT molecular complexity index is 1060. The van der Waals surface area contributed by atoms with Crippen molar-refractivity contribution in [2.24, 2.45) is 17.6 Å². The normalized spacial score (nSPS) is 23.7. The van der Waals surface area contributed by atoms with Crippen molar-refractivity contribution in [3.8, 4) is 0 Å². The first kappa shape index (κ1) is 28.1. The van der Waals surface area contributed by atoms with Gasteiger partial charge in [0, 0.05) is 49.2 Å². The van der Waals surface area contributed by atoms with E-state index in [0.717, 1.165) is 81.1 Å². The van der Waals surface area contributed by atoms with Crippen LogP contribution in [-0.2, 0) is 21.7 Å². The molecule has 2 aromatic carbocycles. The van der Waals surface area contributed by atoms with Gasteiger partial charge in [0.1, 0.15) is 0 Å². The van der Waals surface area contributed by atoms with Crippen LogP contribution in [0.4, 0.5) is 0 Å². The Kier molecular flexibility index (Phi) is 9.68. The molecule has 3 N–H and O–H groups in total. The van der Waals surface area contributed by atoms with Crippen molar-refractivity contribution in [2.75, 3.05) is 20.2 Å². The van der Waals surface area contributed by atoms with Crippen LogP contribution in [0.15, 0.2) is 42.5 Å². The summed E-state index contributed by atoms with van der Waals surface area (Å²) >= 11 is 6.63. The highest BCUT2D eigenvalue weighted by Crippen LogP contribution is 2.36. The molecule has 0 radical (unpaired) electrons. The average molecular weight is 527 g/mol. The topological polar surface area (TPSA) is 75.8 Å². The molecule has 0 bridgehead atoms. The predicted molar refractivity (Wildman–Crippen MR) is 149 cm³/mol. The molecule has 1 aliphatic carbocycles. The Morgan fingerprint density at radius 1 is 1.19 bits per heavy atom. The molecule has 6 heteroatoms. The van der Waals surface area contributed by atoms with Gasteiger partial charge in [-0.25, -0.2) is 0 Å². The van der Waals surface area contributed by atoms with Crippen LogP contribution in [0.25, 0.3) is 0 Å². The molecule has 4 rings (SSSR count). The smallest absolute Gasteiger partial charge is 0.225 e. The fraction of sp³-hybridized carbons (Fsp3) is 0.581. The highest BCUT2D eigenvalue weighted by atomic mass is 35.5. The highest BCUT2D eigenvalue weighted by molar-refractivity contribution is 6.31. The van der Waals surface area contributed by atoms with Gasteiger partial charge in [-0.05, 0) is 81.4 Å². The van der Waals surface area contributed by atoms with E-state index >= 15 is 0 Å². The van der Waals surface area contributed by atoms with Crippen LogP contribution in [0.1, 0.15) is 80.0 Å². The minimum Gasteiger partial charge on any atom is -0.362 e. The Balaban J connectivity index is 1.34. The molecule has 2 aliphatic rings. The van der Waals surface area contributed by atoms with Crippen molar-refractivity contribution in [1.29, 1.82) is 0 Å². The second-order valence-corrected chi connectivity index (χ2v) is 11.6. The van der Waals surface area contributed by atoms with Gasteiger partial charge in [-0.15, -0.1) is 0 Å². The van der Waals surface area contributed by atoms with E-state index in [1.807, 2.05) is 24.3 Å². The second-order valence-electron chi connectivity index (χ2n) is 11.2. The maximum absolute atomic E-state index is 13.0. The number of hydrogen-bond donors (Lipinski definition) is 2. The quantitative estimate of drug-likeness (QED) is 0.296. The summed E-state index contributed by atoms with van der Waals surface area (Å²) in [5, 5.41) is 12.2. The first-order valence-electron chi connectivity index (χ1n) is 13.9. The van der Waals surface area contributed by atoms with Crippen LogP contribution in [-0.4, -0.2) is 42.2 Å². The number of nitrogens with zero attached hydrogens (tertiary/aromatic N) is 1. The van der Waals surface area contributed by atoms with Crippen LogP contribution >= 0.6 is 11.6 Å². The van der Waals surface area contributed by atoms with Crippen LogP contribution < -0.4 is 5.73 Å². The Morgan fingerprint density at radius 3 is 2.73 bits per heavy atom. The van der Waals surface area contributed by atoms with E-state index in [2.05, 4.69) is 30.0 Å². The van der Waals surface area contributed by atoms with E-state index in [1.165, 1.54) is 5.56 Å². The Hall–Kier alpha value is -1.92. The number of ether oxygens (including phenoxy) is 1. The predicted octanol–water partition coefficient (Wildman–Crippen LogP) is 5.96. The number of unbranched alkanes of at least 4 members (excludes halogenated alkanes) is 1. The number of amides is 1. The maximum Gasteiger partial charge on any atom is 0.225 e. The van der Waals surface area contributed by atoms with Crippen LogP contribution in [0, 0.1) is 18.8 Å². The lowest BCUT2D eigenvalue weighted by Crippen LogP contribution is -2.42. The molecule has 2 fully saturated rings. The van der Waals surface area contributed by atoms with Crippen molar-refractivity contribution in [1.82, 2.24) is 4.90 Å². The maximum atomic E-state index is 13.0. The molecule has 1 aliphatic heterocycles. The molecule has 5 nitrogen and oxygen atoms in total. The van der Waals surface area contributed by atoms with Gasteiger partial charge in [-0.3, -0.25) is 4.79 Å². The van der Waals surface area contributed by atoms with Gasteiger partial charge < -0.3 is 20.5 Å². The number of nitrogens with two attached hydrogens (primary N) is 1. The summed E-state index contributed by atoms with van der Waals surface area (Å²) in [6.45, 7) is 3.81. The molecule has 1 saturated carbocycles. The fourth-order valence-electron chi connectivity index (χ4n) is 6.27. The molecule has 1 heterocycles. The second kappa shape index (κ2) is 12.8. The third-order valence-corrected chi connectivity index (χ3v) is 8.73. The molecule has 4 unspecified atom stereocenters. The van der Waals surface area contributed by atoms with E-state index in [0.29, 0.717) is 29.7 Å². The molecule has 37 heavy (non-hydrogen) atoms. The molecule has 0 aromatic heterocycles. The molecule has 1 amide bonds. The molecular formula is C31H43ClN2O3. The third kappa shape index (κ3) is 7.14. The summed E-state index contributed by atoms with van der Waals surface area (Å²) in [7, 11) is 1.57. The fourth-order valence-corrected chi connectivity index (χ4v) is 6.52. The summed E-state index contributed by atoms with van der Waals surface area (Å²) < 4.78 is 5.72. The van der Waals surface area contributed by atoms with E-state index in [4.69, 9.17) is 22.1 Å². The lowest BCUT2D eigenvalue weighted by atomic mass is 9.88. The van der Waals surface area contributed by atoms with Crippen LogP contribution in [0.5, 0.6) is 0 Å². The lowest BCUT2D eigenvalue weighted by molar-refractivity contribution is -0.200. The van der Waals surface area contributed by atoms with Crippen molar-refractivity contribution in [3.63, 3.8) is 0 Å². The minimum absolute atomic E-state index is 0.122. The highest BCUT2D eigenvalue weighted by Gasteiger charge is 2.34. The zero-order chi connectivity index (χ0) is 26.4. The summed E-state index contributed by atoms with van der Waals surface area (Å²) in [5.74, 6) is -0.433. The molecule has 4 atom stereocenters. The van der Waals surface area contributed by atoms with Crippen molar-refractivity contribution in [2.45, 2.75) is 83.0 Å². The summed E-state index contributed by atoms with van der Waals surface area (Å²) in [5.41, 5.74) is 10.0. The van der Waals surface area contributed by atoms with Gasteiger partial charge in [-0.2, -0.15) is 0 Å². The number of halogens is 1. The number of piperidine rings is 1. The zero-order valence-corrected chi connectivity index (χ0v) is 23.2. The van der Waals surface area contributed by atoms with Gasteiger partial charge in [0.05, 0.1) is 0 Å². The molecule has 0 spiro atoms. The Morgan fingerprint density at radius 2 is 2.00 bits per heavy atom. The summed E-state index contributed by atoms with van der Waals surface area (Å²) in [4.78, 5) is 15.1. The van der Waals surface area contributed by atoms with Gasteiger partial charge in [-0.1, -0.05) is 60.0 Å². The molecule has 1 saturated heterocycles. The van der Waals surface area contributed by atoms with Gasteiger partial charge in [0.2, 0.25) is 5.91 Å². The number of likely N-dealkylation sites (tertiary alicyclic amines) is 1. The SMILES string of the molecule is COC(O)(CCCCC1CCCN(C(=O)C2CCC(N)C2)C1)c1cccc(Cl)c1Cc1cccc(C)c1. The number of carbonyl (C=O) groups excluding carboxylic acids is 1. The molecular weight excluding hydrogens is 484 g/mol. The van der Waals surface area contributed by atoms with E-state index in [9.17, 15) is 9.90 Å².